The number of carboxylic acids is 1. The molecule has 0 aliphatic carbocycles. The molecule has 20 heavy (non-hydrogen) atoms. The van der Waals surface area contributed by atoms with E-state index < -0.39 is 5.97 Å². The van der Waals surface area contributed by atoms with Gasteiger partial charge in [-0.3, -0.25) is 4.79 Å². The third-order valence-corrected chi connectivity index (χ3v) is 4.11. The van der Waals surface area contributed by atoms with E-state index in [4.69, 9.17) is 5.11 Å². The van der Waals surface area contributed by atoms with Crippen molar-refractivity contribution in [3.63, 3.8) is 0 Å². The molecule has 1 aromatic heterocycles. The Bertz CT molecular complexity index is 581. The molecule has 0 bridgehead atoms. The van der Waals surface area contributed by atoms with Gasteiger partial charge in [0.05, 0.1) is 12.5 Å². The third-order valence-electron chi connectivity index (χ3n) is 3.13. The standard InChI is InChI=1S/C15H17NO3S/c1-10-4-2-5-11(15(10)19)9-16-12(8-14(17)18)13-6-3-7-20-13/h2-7,12,16,19H,8-9H2,1H3,(H,17,18). The number of aryl methyl sites for hydroxylation is 1. The highest BCUT2D eigenvalue weighted by molar-refractivity contribution is 7.10. The average Bonchev–Trinajstić information content (AvgIpc) is 2.92. The fourth-order valence-corrected chi connectivity index (χ4v) is 2.84. The highest BCUT2D eigenvalue weighted by atomic mass is 32.1. The van der Waals surface area contributed by atoms with Crippen LogP contribution in [0.25, 0.3) is 0 Å². The van der Waals surface area contributed by atoms with E-state index in [1.807, 2.05) is 42.6 Å². The monoisotopic (exact) mass is 291 g/mol. The summed E-state index contributed by atoms with van der Waals surface area (Å²) in [6.07, 6.45) is 0.0209. The van der Waals surface area contributed by atoms with E-state index in [0.717, 1.165) is 16.0 Å². The van der Waals surface area contributed by atoms with Crippen molar-refractivity contribution in [1.82, 2.24) is 5.32 Å². The highest BCUT2D eigenvalue weighted by Gasteiger charge is 2.16. The lowest BCUT2D eigenvalue weighted by atomic mass is 10.1. The van der Waals surface area contributed by atoms with Crippen LogP contribution in [0.1, 0.15) is 28.5 Å². The zero-order valence-electron chi connectivity index (χ0n) is 11.2. The van der Waals surface area contributed by atoms with Crippen LogP contribution in [0.15, 0.2) is 35.7 Å². The summed E-state index contributed by atoms with van der Waals surface area (Å²) in [6, 6.07) is 9.13. The van der Waals surface area contributed by atoms with Crippen molar-refractivity contribution in [3.05, 3.63) is 51.7 Å². The molecule has 5 heteroatoms. The molecule has 2 aromatic rings. The highest BCUT2D eigenvalue weighted by Crippen LogP contribution is 2.25. The molecule has 1 unspecified atom stereocenters. The predicted octanol–water partition coefficient (Wildman–Crippen LogP) is 3.07. The zero-order chi connectivity index (χ0) is 14.5. The Labute approximate surface area is 121 Å². The first kappa shape index (κ1) is 14.6. The molecule has 2 rings (SSSR count). The minimum Gasteiger partial charge on any atom is -0.507 e. The molecule has 0 saturated carbocycles. The maximum Gasteiger partial charge on any atom is 0.305 e. The molecule has 0 radical (unpaired) electrons. The van der Waals surface area contributed by atoms with Gasteiger partial charge in [0, 0.05) is 17.0 Å². The number of thiophene rings is 1. The van der Waals surface area contributed by atoms with Gasteiger partial charge in [-0.15, -0.1) is 11.3 Å². The molecule has 0 fully saturated rings. The Balaban J connectivity index is 2.09. The Morgan fingerprint density at radius 1 is 1.35 bits per heavy atom. The summed E-state index contributed by atoms with van der Waals surface area (Å²) in [7, 11) is 0. The Kier molecular flexibility index (Phi) is 4.76. The van der Waals surface area contributed by atoms with Crippen molar-refractivity contribution in [2.45, 2.75) is 25.9 Å². The molecule has 106 valence electrons. The second-order valence-electron chi connectivity index (χ2n) is 4.63. The predicted molar refractivity (Wildman–Crippen MR) is 79.0 cm³/mol. The van der Waals surface area contributed by atoms with E-state index in [0.29, 0.717) is 6.54 Å². The van der Waals surface area contributed by atoms with E-state index in [-0.39, 0.29) is 18.2 Å². The molecular weight excluding hydrogens is 274 g/mol. The van der Waals surface area contributed by atoms with Gasteiger partial charge in [0.1, 0.15) is 5.75 Å². The van der Waals surface area contributed by atoms with Gasteiger partial charge in [-0.25, -0.2) is 0 Å². The smallest absolute Gasteiger partial charge is 0.305 e. The summed E-state index contributed by atoms with van der Waals surface area (Å²) in [5.41, 5.74) is 1.59. The largest absolute Gasteiger partial charge is 0.507 e. The van der Waals surface area contributed by atoms with Crippen LogP contribution in [0.3, 0.4) is 0 Å². The molecule has 4 nitrogen and oxygen atoms in total. The van der Waals surface area contributed by atoms with Crippen LogP contribution in [0.5, 0.6) is 5.75 Å². The van der Waals surface area contributed by atoms with Crippen molar-refractivity contribution in [1.29, 1.82) is 0 Å². The van der Waals surface area contributed by atoms with Gasteiger partial charge in [-0.05, 0) is 23.9 Å². The number of hydrogen-bond acceptors (Lipinski definition) is 4. The summed E-state index contributed by atoms with van der Waals surface area (Å²) >= 11 is 1.53. The lowest BCUT2D eigenvalue weighted by Crippen LogP contribution is -2.22. The second kappa shape index (κ2) is 6.54. The molecule has 1 heterocycles. The van der Waals surface area contributed by atoms with Crippen molar-refractivity contribution in [2.24, 2.45) is 0 Å². The topological polar surface area (TPSA) is 69.6 Å². The second-order valence-corrected chi connectivity index (χ2v) is 5.61. The molecule has 3 N–H and O–H groups in total. The van der Waals surface area contributed by atoms with E-state index in [9.17, 15) is 9.90 Å². The quantitative estimate of drug-likeness (QED) is 0.765. The van der Waals surface area contributed by atoms with Gasteiger partial charge in [0.25, 0.3) is 0 Å². The number of nitrogens with one attached hydrogen (secondary N) is 1. The molecule has 1 atom stereocenters. The summed E-state index contributed by atoms with van der Waals surface area (Å²) in [4.78, 5) is 11.9. The first-order valence-electron chi connectivity index (χ1n) is 6.34. The van der Waals surface area contributed by atoms with E-state index in [1.165, 1.54) is 11.3 Å². The van der Waals surface area contributed by atoms with E-state index in [1.54, 1.807) is 0 Å². The van der Waals surface area contributed by atoms with Crippen molar-refractivity contribution in [3.8, 4) is 5.75 Å². The first-order valence-corrected chi connectivity index (χ1v) is 7.22. The summed E-state index contributed by atoms with van der Waals surface area (Å²) in [5.74, 6) is -0.579. The fraction of sp³-hybridized carbons (Fsp3) is 0.267. The van der Waals surface area contributed by atoms with Crippen LogP contribution < -0.4 is 5.32 Å². The molecule has 0 amide bonds. The summed E-state index contributed by atoms with van der Waals surface area (Å²) in [6.45, 7) is 2.27. The first-order chi connectivity index (χ1) is 9.58. The molecule has 1 aromatic carbocycles. The normalized spacial score (nSPS) is 12.2. The molecule has 0 aliphatic heterocycles. The maximum atomic E-state index is 11.0. The van der Waals surface area contributed by atoms with Gasteiger partial charge in [0.15, 0.2) is 0 Å². The Morgan fingerprint density at radius 3 is 2.80 bits per heavy atom. The summed E-state index contributed by atoms with van der Waals surface area (Å²) in [5, 5.41) is 24.1. The summed E-state index contributed by atoms with van der Waals surface area (Å²) < 4.78 is 0. The van der Waals surface area contributed by atoms with Crippen molar-refractivity contribution < 1.29 is 15.0 Å². The van der Waals surface area contributed by atoms with Crippen molar-refractivity contribution in [2.75, 3.05) is 0 Å². The number of carbonyl (C=O) groups is 1. The van der Waals surface area contributed by atoms with Gasteiger partial charge in [-0.2, -0.15) is 0 Å². The maximum absolute atomic E-state index is 11.0. The molecule has 0 saturated heterocycles. The van der Waals surface area contributed by atoms with Gasteiger partial charge >= 0.3 is 5.97 Å². The van der Waals surface area contributed by atoms with Crippen molar-refractivity contribution >= 4 is 17.3 Å². The van der Waals surface area contributed by atoms with Gasteiger partial charge < -0.3 is 15.5 Å². The lowest BCUT2D eigenvalue weighted by Gasteiger charge is -2.16. The number of benzene rings is 1. The fourth-order valence-electron chi connectivity index (χ4n) is 2.03. The molecular formula is C15H17NO3S. The molecule has 0 aliphatic rings. The van der Waals surface area contributed by atoms with E-state index in [2.05, 4.69) is 5.32 Å². The van der Waals surface area contributed by atoms with Crippen LogP contribution in [0, 0.1) is 6.92 Å². The van der Waals surface area contributed by atoms with Crippen LogP contribution in [-0.4, -0.2) is 16.2 Å². The molecule has 0 spiro atoms. The van der Waals surface area contributed by atoms with E-state index >= 15 is 0 Å². The zero-order valence-corrected chi connectivity index (χ0v) is 12.0. The lowest BCUT2D eigenvalue weighted by molar-refractivity contribution is -0.137. The van der Waals surface area contributed by atoms with Crippen LogP contribution in [-0.2, 0) is 11.3 Å². The number of phenols is 1. The number of carboxylic acid groups (broad SMARTS) is 1. The number of rotatable bonds is 6. The number of aromatic hydroxyl groups is 1. The van der Waals surface area contributed by atoms with Gasteiger partial charge in [-0.1, -0.05) is 24.3 Å². The minimum atomic E-state index is -0.843. The Hall–Kier alpha value is -1.85. The van der Waals surface area contributed by atoms with Crippen LogP contribution in [0.4, 0.5) is 0 Å². The van der Waals surface area contributed by atoms with Crippen LogP contribution in [0.2, 0.25) is 0 Å². The third kappa shape index (κ3) is 3.59. The van der Waals surface area contributed by atoms with Crippen LogP contribution >= 0.6 is 11.3 Å². The Morgan fingerprint density at radius 2 is 2.15 bits per heavy atom. The minimum absolute atomic E-state index is 0.0209. The number of hydrogen-bond donors (Lipinski definition) is 3. The van der Waals surface area contributed by atoms with Gasteiger partial charge in [0.2, 0.25) is 0 Å². The number of phenolic OH excluding ortho intramolecular Hbond substituents is 1. The SMILES string of the molecule is Cc1cccc(CNC(CC(=O)O)c2cccs2)c1O. The average molecular weight is 291 g/mol. The number of para-hydroxylation sites is 1. The number of aliphatic carboxylic acids is 1.